The lowest BCUT2D eigenvalue weighted by Gasteiger charge is -2.04. The molecule has 3 aromatic rings. The number of nitrogens with zero attached hydrogens (tertiary/aromatic N) is 5. The van der Waals surface area contributed by atoms with Gasteiger partial charge in [0, 0.05) is 4.88 Å². The number of hydrogen-bond donors (Lipinski definition) is 1. The summed E-state index contributed by atoms with van der Waals surface area (Å²) in [5, 5.41) is 20.7. The summed E-state index contributed by atoms with van der Waals surface area (Å²) in [5.74, 6) is 0.762. The van der Waals surface area contributed by atoms with Crippen molar-refractivity contribution < 1.29 is 0 Å². The van der Waals surface area contributed by atoms with Crippen molar-refractivity contribution in [2.24, 2.45) is 0 Å². The van der Waals surface area contributed by atoms with Crippen LogP contribution in [-0.2, 0) is 6.54 Å². The Kier molecular flexibility index (Phi) is 2.45. The maximum Gasteiger partial charge on any atom is 0.200 e. The molecule has 0 saturated heterocycles. The SMILES string of the molecule is Cc1ccsc1CNc1ccc2nnnn2n1. The molecule has 3 rings (SSSR count). The normalized spacial score (nSPS) is 10.9. The smallest absolute Gasteiger partial charge is 0.200 e. The van der Waals surface area contributed by atoms with E-state index < -0.39 is 0 Å². The number of fused-ring (bicyclic) bond motifs is 1. The average Bonchev–Trinajstić information content (AvgIpc) is 2.94. The molecular weight excluding hydrogens is 236 g/mol. The van der Waals surface area contributed by atoms with Crippen molar-refractivity contribution in [2.45, 2.75) is 13.5 Å². The van der Waals surface area contributed by atoms with Crippen LogP contribution in [0.5, 0.6) is 0 Å². The number of rotatable bonds is 3. The van der Waals surface area contributed by atoms with E-state index in [1.54, 1.807) is 11.3 Å². The third kappa shape index (κ3) is 1.96. The number of anilines is 1. The van der Waals surface area contributed by atoms with Gasteiger partial charge < -0.3 is 5.32 Å². The second-order valence-electron chi connectivity index (χ2n) is 3.63. The summed E-state index contributed by atoms with van der Waals surface area (Å²) in [6.45, 7) is 2.87. The van der Waals surface area contributed by atoms with E-state index in [1.807, 2.05) is 12.1 Å². The van der Waals surface area contributed by atoms with Crippen LogP contribution in [-0.4, -0.2) is 25.3 Å². The van der Waals surface area contributed by atoms with Crippen LogP contribution < -0.4 is 5.32 Å². The van der Waals surface area contributed by atoms with Gasteiger partial charge in [0.25, 0.3) is 0 Å². The van der Waals surface area contributed by atoms with E-state index >= 15 is 0 Å². The molecular formula is C10H10N6S. The lowest BCUT2D eigenvalue weighted by Crippen LogP contribution is -2.04. The zero-order chi connectivity index (χ0) is 11.7. The predicted octanol–water partition coefficient (Wildman–Crippen LogP) is 1.50. The number of nitrogens with one attached hydrogen (secondary N) is 1. The van der Waals surface area contributed by atoms with Gasteiger partial charge in [0.1, 0.15) is 5.82 Å². The van der Waals surface area contributed by atoms with Gasteiger partial charge in [-0.15, -0.1) is 26.2 Å². The molecule has 0 bridgehead atoms. The van der Waals surface area contributed by atoms with E-state index in [9.17, 15) is 0 Å². The van der Waals surface area contributed by atoms with Gasteiger partial charge in [-0.05, 0) is 46.5 Å². The average molecular weight is 246 g/mol. The second kappa shape index (κ2) is 4.10. The first-order valence-electron chi connectivity index (χ1n) is 5.15. The summed E-state index contributed by atoms with van der Waals surface area (Å²) < 4.78 is 1.41. The maximum absolute atomic E-state index is 4.24. The fourth-order valence-electron chi connectivity index (χ4n) is 1.50. The summed E-state index contributed by atoms with van der Waals surface area (Å²) in [6.07, 6.45) is 0. The topological polar surface area (TPSA) is 68.0 Å². The Morgan fingerprint density at radius 3 is 3.12 bits per heavy atom. The molecule has 0 radical (unpaired) electrons. The molecule has 3 heterocycles. The molecule has 0 aliphatic heterocycles. The summed E-state index contributed by atoms with van der Waals surface area (Å²) in [6, 6.07) is 5.81. The van der Waals surface area contributed by atoms with Gasteiger partial charge in [-0.1, -0.05) is 0 Å². The minimum Gasteiger partial charge on any atom is -0.364 e. The first-order chi connectivity index (χ1) is 8.33. The van der Waals surface area contributed by atoms with Gasteiger partial charge in [-0.3, -0.25) is 0 Å². The minimum absolute atomic E-state index is 0.642. The molecule has 17 heavy (non-hydrogen) atoms. The fourth-order valence-corrected chi connectivity index (χ4v) is 2.35. The lowest BCUT2D eigenvalue weighted by atomic mass is 10.3. The molecule has 86 valence electrons. The van der Waals surface area contributed by atoms with E-state index in [2.05, 4.69) is 44.3 Å². The van der Waals surface area contributed by atoms with Crippen molar-refractivity contribution in [1.29, 1.82) is 0 Å². The van der Waals surface area contributed by atoms with Crippen molar-refractivity contribution >= 4 is 22.8 Å². The van der Waals surface area contributed by atoms with Crippen molar-refractivity contribution in [3.63, 3.8) is 0 Å². The quantitative estimate of drug-likeness (QED) is 0.758. The van der Waals surface area contributed by atoms with Crippen molar-refractivity contribution in [3.8, 4) is 0 Å². The number of hydrogen-bond acceptors (Lipinski definition) is 6. The van der Waals surface area contributed by atoms with E-state index in [4.69, 9.17) is 0 Å². The second-order valence-corrected chi connectivity index (χ2v) is 4.63. The third-order valence-electron chi connectivity index (χ3n) is 2.47. The number of thiophene rings is 1. The zero-order valence-corrected chi connectivity index (χ0v) is 9.98. The van der Waals surface area contributed by atoms with Gasteiger partial charge in [-0.25, -0.2) is 0 Å². The summed E-state index contributed by atoms with van der Waals surface area (Å²) in [7, 11) is 0. The van der Waals surface area contributed by atoms with Crippen molar-refractivity contribution in [2.75, 3.05) is 5.32 Å². The summed E-state index contributed by atoms with van der Waals surface area (Å²) in [5.41, 5.74) is 1.94. The maximum atomic E-state index is 4.24. The Bertz CT molecular complexity index is 643. The van der Waals surface area contributed by atoms with Crippen LogP contribution in [0.4, 0.5) is 5.82 Å². The molecule has 0 spiro atoms. The van der Waals surface area contributed by atoms with Crippen molar-refractivity contribution in [1.82, 2.24) is 25.3 Å². The van der Waals surface area contributed by atoms with Crippen LogP contribution in [0.3, 0.4) is 0 Å². The van der Waals surface area contributed by atoms with Crippen molar-refractivity contribution in [3.05, 3.63) is 34.0 Å². The highest BCUT2D eigenvalue weighted by atomic mass is 32.1. The Labute approximate surface area is 101 Å². The minimum atomic E-state index is 0.642. The standard InChI is InChI=1S/C10H10N6S/c1-7-4-5-17-8(7)6-11-9-2-3-10-12-14-15-16(10)13-9/h2-5H,6H2,1H3,(H,11,13). The first kappa shape index (κ1) is 10.2. The number of tetrazole rings is 1. The molecule has 0 aliphatic rings. The fraction of sp³-hybridized carbons (Fsp3) is 0.200. The molecule has 0 amide bonds. The molecule has 3 aromatic heterocycles. The number of aromatic nitrogens is 5. The highest BCUT2D eigenvalue weighted by molar-refractivity contribution is 7.10. The first-order valence-corrected chi connectivity index (χ1v) is 6.03. The molecule has 0 aliphatic carbocycles. The molecule has 0 atom stereocenters. The Balaban J connectivity index is 1.78. The Morgan fingerprint density at radius 1 is 1.35 bits per heavy atom. The Morgan fingerprint density at radius 2 is 2.29 bits per heavy atom. The summed E-state index contributed by atoms with van der Waals surface area (Å²) >= 11 is 1.74. The molecule has 0 fully saturated rings. The van der Waals surface area contributed by atoms with E-state index in [0.29, 0.717) is 5.65 Å². The van der Waals surface area contributed by atoms with Crippen LogP contribution in [0.25, 0.3) is 5.65 Å². The lowest BCUT2D eigenvalue weighted by molar-refractivity contribution is 0.734. The van der Waals surface area contributed by atoms with E-state index in [1.165, 1.54) is 15.1 Å². The van der Waals surface area contributed by atoms with Gasteiger partial charge in [0.2, 0.25) is 0 Å². The van der Waals surface area contributed by atoms with Crippen LogP contribution >= 0.6 is 11.3 Å². The third-order valence-corrected chi connectivity index (χ3v) is 3.49. The zero-order valence-electron chi connectivity index (χ0n) is 9.16. The predicted molar refractivity (Wildman–Crippen MR) is 65.0 cm³/mol. The molecule has 6 nitrogen and oxygen atoms in total. The van der Waals surface area contributed by atoms with E-state index in [0.717, 1.165) is 12.4 Å². The monoisotopic (exact) mass is 246 g/mol. The van der Waals surface area contributed by atoms with Gasteiger partial charge >= 0.3 is 0 Å². The highest BCUT2D eigenvalue weighted by Crippen LogP contribution is 2.16. The number of aryl methyl sites for hydroxylation is 1. The highest BCUT2D eigenvalue weighted by Gasteiger charge is 2.02. The summed E-state index contributed by atoms with van der Waals surface area (Å²) in [4.78, 5) is 1.31. The van der Waals surface area contributed by atoms with Crippen LogP contribution in [0.1, 0.15) is 10.4 Å². The largest absolute Gasteiger partial charge is 0.364 e. The van der Waals surface area contributed by atoms with E-state index in [-0.39, 0.29) is 0 Å². The van der Waals surface area contributed by atoms with Gasteiger partial charge in [0.05, 0.1) is 6.54 Å². The van der Waals surface area contributed by atoms with Crippen LogP contribution in [0.15, 0.2) is 23.6 Å². The molecule has 0 saturated carbocycles. The Hall–Kier alpha value is -2.02. The van der Waals surface area contributed by atoms with Crippen LogP contribution in [0.2, 0.25) is 0 Å². The molecule has 7 heteroatoms. The van der Waals surface area contributed by atoms with Crippen LogP contribution in [0, 0.1) is 6.92 Å². The molecule has 0 aromatic carbocycles. The van der Waals surface area contributed by atoms with Gasteiger partial charge in [-0.2, -0.15) is 0 Å². The molecule has 0 unspecified atom stereocenters. The van der Waals surface area contributed by atoms with Gasteiger partial charge in [0.15, 0.2) is 5.65 Å². The molecule has 1 N–H and O–H groups in total.